The normalized spacial score (nSPS) is 20.3. The number of hydrogen-bond donors (Lipinski definition) is 2. The van der Waals surface area contributed by atoms with Crippen LogP contribution < -0.4 is 4.74 Å². The summed E-state index contributed by atoms with van der Waals surface area (Å²) in [5.74, 6) is 0.165. The SMILES string of the molecule is COc1ccc2c3c([nH]c2c1)[C@@H](CO)N(C(=O)c1ccc(F)cc1)CC31CN(C)C1. The third-order valence-corrected chi connectivity index (χ3v) is 6.42. The molecule has 156 valence electrons. The van der Waals surface area contributed by atoms with Crippen molar-refractivity contribution in [3.63, 3.8) is 0 Å². The number of amides is 1. The predicted molar refractivity (Wildman–Crippen MR) is 111 cm³/mol. The van der Waals surface area contributed by atoms with Gasteiger partial charge in [0.15, 0.2) is 0 Å². The number of benzene rings is 2. The highest BCUT2D eigenvalue weighted by Gasteiger charge is 2.52. The van der Waals surface area contributed by atoms with Gasteiger partial charge in [-0.2, -0.15) is 0 Å². The fourth-order valence-corrected chi connectivity index (χ4v) is 5.22. The number of halogens is 1. The Morgan fingerprint density at radius 1 is 1.23 bits per heavy atom. The zero-order valence-electron chi connectivity index (χ0n) is 17.0. The van der Waals surface area contributed by atoms with Crippen molar-refractivity contribution in [2.75, 3.05) is 40.4 Å². The molecule has 0 radical (unpaired) electrons. The summed E-state index contributed by atoms with van der Waals surface area (Å²) in [6, 6.07) is 11.0. The van der Waals surface area contributed by atoms with Crippen LogP contribution in [-0.2, 0) is 5.41 Å². The zero-order valence-corrected chi connectivity index (χ0v) is 17.0. The van der Waals surface area contributed by atoms with Crippen molar-refractivity contribution in [3.8, 4) is 5.75 Å². The lowest BCUT2D eigenvalue weighted by atomic mass is 9.69. The molecule has 30 heavy (non-hydrogen) atoms. The van der Waals surface area contributed by atoms with Crippen LogP contribution in [0.25, 0.3) is 10.9 Å². The number of fused-ring (bicyclic) bond motifs is 4. The summed E-state index contributed by atoms with van der Waals surface area (Å²) in [5.41, 5.74) is 3.19. The second kappa shape index (κ2) is 6.82. The number of carbonyl (C=O) groups is 1. The van der Waals surface area contributed by atoms with Gasteiger partial charge in [0.2, 0.25) is 0 Å². The van der Waals surface area contributed by atoms with E-state index in [1.807, 2.05) is 12.1 Å². The van der Waals surface area contributed by atoms with Crippen LogP contribution in [0, 0.1) is 5.82 Å². The largest absolute Gasteiger partial charge is 0.497 e. The van der Waals surface area contributed by atoms with Crippen molar-refractivity contribution in [1.82, 2.24) is 14.8 Å². The number of aliphatic hydroxyl groups excluding tert-OH is 1. The number of rotatable bonds is 3. The van der Waals surface area contributed by atoms with Crippen molar-refractivity contribution in [2.45, 2.75) is 11.5 Å². The van der Waals surface area contributed by atoms with Crippen LogP contribution in [0.5, 0.6) is 5.75 Å². The first-order chi connectivity index (χ1) is 14.5. The molecule has 1 fully saturated rings. The number of carbonyl (C=O) groups excluding carboxylic acids is 1. The number of likely N-dealkylation sites (tertiary alicyclic amines) is 1. The van der Waals surface area contributed by atoms with Gasteiger partial charge in [-0.1, -0.05) is 0 Å². The molecule has 2 N–H and O–H groups in total. The average molecular weight is 409 g/mol. The Bertz CT molecular complexity index is 1120. The van der Waals surface area contributed by atoms with Crippen molar-refractivity contribution >= 4 is 16.8 Å². The van der Waals surface area contributed by atoms with Crippen molar-refractivity contribution in [3.05, 3.63) is 65.1 Å². The summed E-state index contributed by atoms with van der Waals surface area (Å²) in [5, 5.41) is 11.4. The fraction of sp³-hybridized carbons (Fsp3) is 0.348. The summed E-state index contributed by atoms with van der Waals surface area (Å²) < 4.78 is 18.7. The summed E-state index contributed by atoms with van der Waals surface area (Å²) in [6.45, 7) is 1.95. The summed E-state index contributed by atoms with van der Waals surface area (Å²) in [7, 11) is 3.69. The van der Waals surface area contributed by atoms with Gasteiger partial charge in [-0.3, -0.25) is 4.79 Å². The van der Waals surface area contributed by atoms with E-state index in [9.17, 15) is 14.3 Å². The Morgan fingerprint density at radius 3 is 2.60 bits per heavy atom. The third kappa shape index (κ3) is 2.73. The van der Waals surface area contributed by atoms with Gasteiger partial charge in [0.1, 0.15) is 11.6 Å². The van der Waals surface area contributed by atoms with Crippen LogP contribution in [-0.4, -0.2) is 66.2 Å². The van der Waals surface area contributed by atoms with E-state index in [1.54, 1.807) is 12.0 Å². The van der Waals surface area contributed by atoms with Gasteiger partial charge in [-0.05, 0) is 49.0 Å². The maximum atomic E-state index is 13.4. The molecule has 0 bridgehead atoms. The zero-order chi connectivity index (χ0) is 21.0. The maximum absolute atomic E-state index is 13.4. The number of aromatic nitrogens is 1. The van der Waals surface area contributed by atoms with Gasteiger partial charge < -0.3 is 24.6 Å². The van der Waals surface area contributed by atoms with E-state index in [-0.39, 0.29) is 23.7 Å². The minimum atomic E-state index is -0.493. The molecule has 3 heterocycles. The molecule has 1 amide bonds. The molecule has 1 saturated heterocycles. The van der Waals surface area contributed by atoms with Crippen molar-refractivity contribution in [1.29, 1.82) is 0 Å². The molecule has 2 aliphatic heterocycles. The Labute approximate surface area is 173 Å². The van der Waals surface area contributed by atoms with E-state index in [4.69, 9.17) is 4.74 Å². The molecule has 3 aromatic rings. The van der Waals surface area contributed by atoms with Gasteiger partial charge in [0, 0.05) is 53.3 Å². The van der Waals surface area contributed by atoms with E-state index >= 15 is 0 Å². The Hall–Kier alpha value is -2.90. The van der Waals surface area contributed by atoms with Crippen LogP contribution >= 0.6 is 0 Å². The highest BCUT2D eigenvalue weighted by Crippen LogP contribution is 2.48. The van der Waals surface area contributed by atoms with Crippen molar-refractivity contribution in [2.24, 2.45) is 0 Å². The van der Waals surface area contributed by atoms with Gasteiger partial charge in [0.05, 0.1) is 19.8 Å². The number of likely N-dealkylation sites (N-methyl/N-ethyl adjacent to an activating group) is 1. The Kier molecular flexibility index (Phi) is 4.34. The van der Waals surface area contributed by atoms with Crippen LogP contribution in [0.1, 0.15) is 27.7 Å². The van der Waals surface area contributed by atoms with Crippen molar-refractivity contribution < 1.29 is 19.0 Å². The molecular formula is C23H24FN3O3. The second-order valence-corrected chi connectivity index (χ2v) is 8.42. The molecule has 5 rings (SSSR count). The molecule has 1 spiro atoms. The summed E-state index contributed by atoms with van der Waals surface area (Å²) >= 11 is 0. The molecular weight excluding hydrogens is 385 g/mol. The smallest absolute Gasteiger partial charge is 0.254 e. The maximum Gasteiger partial charge on any atom is 0.254 e. The molecule has 6 nitrogen and oxygen atoms in total. The summed E-state index contributed by atoms with van der Waals surface area (Å²) in [4.78, 5) is 20.8. The molecule has 0 saturated carbocycles. The van der Waals surface area contributed by atoms with Crippen LogP contribution in [0.2, 0.25) is 0 Å². The van der Waals surface area contributed by atoms with Gasteiger partial charge in [0.25, 0.3) is 5.91 Å². The minimum Gasteiger partial charge on any atom is -0.497 e. The number of nitrogens with one attached hydrogen (secondary N) is 1. The first-order valence-electron chi connectivity index (χ1n) is 10.0. The predicted octanol–water partition coefficient (Wildman–Crippen LogP) is 2.69. The van der Waals surface area contributed by atoms with E-state index < -0.39 is 6.04 Å². The lowest BCUT2D eigenvalue weighted by molar-refractivity contribution is 0.00963. The highest BCUT2D eigenvalue weighted by molar-refractivity contribution is 5.96. The number of aliphatic hydroxyl groups is 1. The third-order valence-electron chi connectivity index (χ3n) is 6.42. The molecule has 7 heteroatoms. The average Bonchev–Trinajstić information content (AvgIpc) is 3.11. The van der Waals surface area contributed by atoms with E-state index in [0.29, 0.717) is 12.1 Å². The number of H-pyrrole nitrogens is 1. The number of nitrogens with zero attached hydrogens (tertiary/aromatic N) is 2. The van der Waals surface area contributed by atoms with Crippen LogP contribution in [0.4, 0.5) is 4.39 Å². The van der Waals surface area contributed by atoms with Crippen LogP contribution in [0.3, 0.4) is 0 Å². The first-order valence-corrected chi connectivity index (χ1v) is 10.0. The fourth-order valence-electron chi connectivity index (χ4n) is 5.22. The molecule has 2 aliphatic rings. The first kappa shape index (κ1) is 19.1. The van der Waals surface area contributed by atoms with Gasteiger partial charge in [-0.15, -0.1) is 0 Å². The number of aromatic amines is 1. The Balaban J connectivity index is 1.65. The Morgan fingerprint density at radius 2 is 1.97 bits per heavy atom. The number of hydrogen-bond acceptors (Lipinski definition) is 4. The quantitative estimate of drug-likeness (QED) is 0.698. The molecule has 1 atom stereocenters. The van der Waals surface area contributed by atoms with Gasteiger partial charge >= 0.3 is 0 Å². The van der Waals surface area contributed by atoms with Crippen LogP contribution in [0.15, 0.2) is 42.5 Å². The standard InChI is InChI=1S/C23H24FN3O3/c1-26-11-23(12-26)13-27(22(29)14-3-5-15(24)6-4-14)19(10-28)21-20(23)17-8-7-16(30-2)9-18(17)25-21/h3-9,19,25,28H,10-13H2,1-2H3/t19-/m1/s1. The molecule has 2 aromatic carbocycles. The summed E-state index contributed by atoms with van der Waals surface area (Å²) in [6.07, 6.45) is 0. The van der Waals surface area contributed by atoms with Gasteiger partial charge in [-0.25, -0.2) is 4.39 Å². The second-order valence-electron chi connectivity index (χ2n) is 8.42. The van der Waals surface area contributed by atoms with E-state index in [2.05, 4.69) is 23.0 Å². The molecule has 0 unspecified atom stereocenters. The lowest BCUT2D eigenvalue weighted by Gasteiger charge is -2.55. The monoisotopic (exact) mass is 409 g/mol. The number of methoxy groups -OCH3 is 1. The van der Waals surface area contributed by atoms with E-state index in [1.165, 1.54) is 29.8 Å². The topological polar surface area (TPSA) is 68.8 Å². The number of ether oxygens (including phenoxy) is 1. The molecule has 1 aromatic heterocycles. The van der Waals surface area contributed by atoms with E-state index in [0.717, 1.165) is 35.4 Å². The lowest BCUT2D eigenvalue weighted by Crippen LogP contribution is -2.65. The molecule has 0 aliphatic carbocycles. The minimum absolute atomic E-state index is 0.199. The highest BCUT2D eigenvalue weighted by atomic mass is 19.1.